The molecule has 0 unspecified atom stereocenters. The molecule has 0 aromatic heterocycles. The van der Waals surface area contributed by atoms with Crippen molar-refractivity contribution < 1.29 is 27.5 Å². The minimum atomic E-state index is -4.35. The smallest absolute Gasteiger partial charge is 0.264 e. The number of sulfonamides is 1. The van der Waals surface area contributed by atoms with Gasteiger partial charge in [-0.25, -0.2) is 8.42 Å². The van der Waals surface area contributed by atoms with Gasteiger partial charge in [0.15, 0.2) is 11.5 Å². The van der Waals surface area contributed by atoms with Crippen LogP contribution in [0.1, 0.15) is 31.9 Å². The quantitative estimate of drug-likeness (QED) is 0.164. The first-order valence-corrected chi connectivity index (χ1v) is 17.3. The van der Waals surface area contributed by atoms with E-state index in [9.17, 15) is 18.0 Å². The summed E-state index contributed by atoms with van der Waals surface area (Å²) in [6, 6.07) is 25.8. The van der Waals surface area contributed by atoms with E-state index in [1.165, 1.54) is 37.3 Å². The van der Waals surface area contributed by atoms with Crippen molar-refractivity contribution in [2.24, 2.45) is 0 Å². The van der Waals surface area contributed by atoms with Gasteiger partial charge in [0.2, 0.25) is 11.8 Å². The fraction of sp³-hybridized carbons (Fsp3) is 0.278. The Labute approximate surface area is 292 Å². The van der Waals surface area contributed by atoms with Gasteiger partial charge in [-0.2, -0.15) is 0 Å². The van der Waals surface area contributed by atoms with Crippen molar-refractivity contribution in [1.29, 1.82) is 0 Å². The molecule has 4 aromatic carbocycles. The normalized spacial score (nSPS) is 12.1. The van der Waals surface area contributed by atoms with Crippen LogP contribution in [0.3, 0.4) is 0 Å². The summed E-state index contributed by atoms with van der Waals surface area (Å²) in [5.41, 5.74) is 1.07. The average Bonchev–Trinajstić information content (AvgIpc) is 3.06. The highest BCUT2D eigenvalue weighted by molar-refractivity contribution is 7.92. The van der Waals surface area contributed by atoms with Gasteiger partial charge in [0, 0.05) is 24.6 Å². The summed E-state index contributed by atoms with van der Waals surface area (Å²) in [7, 11) is -1.49. The Morgan fingerprint density at radius 1 is 0.792 bits per heavy atom. The SMILES string of the molecule is COc1ccc(S(=O)(=O)N(CC(=O)N(Cc2ccc(Cl)c(Cl)c2)[C@H](Cc2ccccc2)C(=O)NC(C)(C)C)c2ccccc2)cc1OC. The largest absolute Gasteiger partial charge is 0.493 e. The Balaban J connectivity index is 1.84. The molecule has 1 atom stereocenters. The lowest BCUT2D eigenvalue weighted by Crippen LogP contribution is -2.56. The molecular formula is C36H39Cl2N3O6S. The molecule has 0 aliphatic carbocycles. The van der Waals surface area contributed by atoms with E-state index >= 15 is 0 Å². The molecule has 0 heterocycles. The number of hydrogen-bond acceptors (Lipinski definition) is 6. The van der Waals surface area contributed by atoms with Crippen molar-refractivity contribution >= 4 is 50.7 Å². The summed E-state index contributed by atoms with van der Waals surface area (Å²) in [4.78, 5) is 29.9. The fourth-order valence-electron chi connectivity index (χ4n) is 5.07. The molecule has 0 saturated carbocycles. The molecule has 0 saturated heterocycles. The van der Waals surface area contributed by atoms with Crippen LogP contribution in [0.5, 0.6) is 11.5 Å². The molecule has 2 amide bonds. The summed E-state index contributed by atoms with van der Waals surface area (Å²) >= 11 is 12.5. The maximum atomic E-state index is 14.6. The summed E-state index contributed by atoms with van der Waals surface area (Å²) in [6.45, 7) is 4.88. The van der Waals surface area contributed by atoms with Gasteiger partial charge >= 0.3 is 0 Å². The summed E-state index contributed by atoms with van der Waals surface area (Å²) in [6.07, 6.45) is 0.170. The molecule has 0 spiro atoms. The molecule has 0 radical (unpaired) electrons. The third-order valence-corrected chi connectivity index (χ3v) is 9.88. The standard InChI is InChI=1S/C36H39Cl2N3O6S/c1-36(2,3)39-35(43)31(21-25-12-8-6-9-13-25)40(23-26-16-18-29(37)30(38)20-26)34(42)24-41(27-14-10-7-11-15-27)48(44,45)28-17-19-32(46-4)33(22-28)47-5/h6-20,22,31H,21,23-24H2,1-5H3,(H,39,43)/t31-/m1/s1. The molecule has 4 aromatic rings. The van der Waals surface area contributed by atoms with Crippen molar-refractivity contribution in [3.05, 3.63) is 118 Å². The van der Waals surface area contributed by atoms with Crippen LogP contribution in [0.25, 0.3) is 0 Å². The topological polar surface area (TPSA) is 105 Å². The molecular weight excluding hydrogens is 673 g/mol. The van der Waals surface area contributed by atoms with E-state index in [4.69, 9.17) is 32.7 Å². The number of amides is 2. The minimum absolute atomic E-state index is 0.0518. The summed E-state index contributed by atoms with van der Waals surface area (Å²) in [5.74, 6) is -0.450. The summed E-state index contributed by atoms with van der Waals surface area (Å²) in [5, 5.41) is 3.62. The predicted octanol–water partition coefficient (Wildman–Crippen LogP) is 6.76. The number of halogens is 2. The van der Waals surface area contributed by atoms with E-state index in [0.717, 1.165) is 9.87 Å². The van der Waals surface area contributed by atoms with Crippen molar-refractivity contribution in [3.63, 3.8) is 0 Å². The third-order valence-electron chi connectivity index (χ3n) is 7.37. The average molecular weight is 713 g/mol. The van der Waals surface area contributed by atoms with Gasteiger partial charge in [-0.1, -0.05) is 77.8 Å². The number of nitrogens with one attached hydrogen (secondary N) is 1. The van der Waals surface area contributed by atoms with Gasteiger partial charge in [0.1, 0.15) is 12.6 Å². The van der Waals surface area contributed by atoms with Gasteiger partial charge in [0.05, 0.1) is 34.8 Å². The first kappa shape index (κ1) is 36.6. The van der Waals surface area contributed by atoms with E-state index in [0.29, 0.717) is 16.3 Å². The lowest BCUT2D eigenvalue weighted by Gasteiger charge is -2.35. The number of ether oxygens (including phenoxy) is 2. The molecule has 0 bridgehead atoms. The number of anilines is 1. The van der Waals surface area contributed by atoms with Crippen molar-refractivity contribution in [3.8, 4) is 11.5 Å². The molecule has 12 heteroatoms. The molecule has 4 rings (SSSR count). The van der Waals surface area contributed by atoms with Crippen LogP contribution < -0.4 is 19.1 Å². The van der Waals surface area contributed by atoms with Crippen LogP contribution in [0.4, 0.5) is 5.69 Å². The number of nitrogens with zero attached hydrogens (tertiary/aromatic N) is 2. The fourth-order valence-corrected chi connectivity index (χ4v) is 6.82. The van der Waals surface area contributed by atoms with Gasteiger partial charge in [-0.3, -0.25) is 13.9 Å². The zero-order valence-corrected chi connectivity index (χ0v) is 29.8. The van der Waals surface area contributed by atoms with Gasteiger partial charge in [0.25, 0.3) is 10.0 Å². The number of rotatable bonds is 13. The Bertz CT molecular complexity index is 1830. The van der Waals surface area contributed by atoms with E-state index < -0.39 is 40.0 Å². The number of carbonyl (C=O) groups excluding carboxylic acids is 2. The van der Waals surface area contributed by atoms with Crippen LogP contribution in [-0.2, 0) is 32.6 Å². The van der Waals surface area contributed by atoms with Crippen molar-refractivity contribution in [1.82, 2.24) is 10.2 Å². The Morgan fingerprint density at radius 3 is 2.00 bits per heavy atom. The van der Waals surface area contributed by atoms with Gasteiger partial charge in [-0.05, 0) is 68.3 Å². The van der Waals surface area contributed by atoms with Gasteiger partial charge in [-0.15, -0.1) is 0 Å². The highest BCUT2D eigenvalue weighted by atomic mass is 35.5. The monoisotopic (exact) mass is 711 g/mol. The number of para-hydroxylation sites is 1. The third kappa shape index (κ3) is 9.21. The Morgan fingerprint density at radius 2 is 1.42 bits per heavy atom. The molecule has 48 heavy (non-hydrogen) atoms. The minimum Gasteiger partial charge on any atom is -0.493 e. The van der Waals surface area contributed by atoms with Crippen LogP contribution >= 0.6 is 23.2 Å². The maximum absolute atomic E-state index is 14.6. The first-order chi connectivity index (χ1) is 22.7. The number of carbonyl (C=O) groups is 2. The summed E-state index contributed by atoms with van der Waals surface area (Å²) < 4.78 is 40.4. The molecule has 0 aliphatic heterocycles. The molecule has 0 fully saturated rings. The second-order valence-corrected chi connectivity index (χ2v) is 14.8. The second-order valence-electron chi connectivity index (χ2n) is 12.1. The Kier molecular flexibility index (Phi) is 12.0. The number of methoxy groups -OCH3 is 2. The van der Waals surface area contributed by atoms with Crippen LogP contribution in [0.2, 0.25) is 10.0 Å². The predicted molar refractivity (Wildman–Crippen MR) is 189 cm³/mol. The first-order valence-electron chi connectivity index (χ1n) is 15.1. The zero-order valence-electron chi connectivity index (χ0n) is 27.4. The van der Waals surface area contributed by atoms with E-state index in [1.807, 2.05) is 51.1 Å². The maximum Gasteiger partial charge on any atom is 0.264 e. The number of hydrogen-bond donors (Lipinski definition) is 1. The van der Waals surface area contributed by atoms with E-state index in [1.54, 1.807) is 48.5 Å². The molecule has 254 valence electrons. The lowest BCUT2D eigenvalue weighted by molar-refractivity contribution is -0.140. The molecule has 9 nitrogen and oxygen atoms in total. The van der Waals surface area contributed by atoms with Crippen molar-refractivity contribution in [2.75, 3.05) is 25.1 Å². The second kappa shape index (κ2) is 15.8. The lowest BCUT2D eigenvalue weighted by atomic mass is 10.0. The van der Waals surface area contributed by atoms with Gasteiger partial charge < -0.3 is 19.7 Å². The zero-order chi connectivity index (χ0) is 35.1. The Hall–Kier alpha value is -4.25. The van der Waals surface area contributed by atoms with E-state index in [-0.39, 0.29) is 34.3 Å². The van der Waals surface area contributed by atoms with Crippen LogP contribution in [0.15, 0.2) is 102 Å². The van der Waals surface area contributed by atoms with Crippen LogP contribution in [0, 0.1) is 0 Å². The van der Waals surface area contributed by atoms with E-state index in [2.05, 4.69) is 5.32 Å². The molecule has 1 N–H and O–H groups in total. The highest BCUT2D eigenvalue weighted by Gasteiger charge is 2.36. The number of benzene rings is 4. The van der Waals surface area contributed by atoms with Crippen LogP contribution in [-0.4, -0.2) is 57.5 Å². The highest BCUT2D eigenvalue weighted by Crippen LogP contribution is 2.33. The molecule has 0 aliphatic rings. The van der Waals surface area contributed by atoms with Crippen molar-refractivity contribution in [2.45, 2.75) is 50.2 Å².